The molecule has 0 heterocycles. The van der Waals surface area contributed by atoms with Gasteiger partial charge in [0.15, 0.2) is 0 Å². The average Bonchev–Trinajstić information content (AvgIpc) is 2.72. The van der Waals surface area contributed by atoms with Crippen molar-refractivity contribution in [2.24, 2.45) is 0 Å². The molecule has 1 heteroatoms. The van der Waals surface area contributed by atoms with E-state index in [4.69, 9.17) is 5.41 Å². The Morgan fingerprint density at radius 3 is 2.07 bits per heavy atom. The van der Waals surface area contributed by atoms with Crippen LogP contribution in [0.2, 0.25) is 0 Å². The van der Waals surface area contributed by atoms with E-state index >= 15 is 0 Å². The van der Waals surface area contributed by atoms with Crippen LogP contribution in [0.3, 0.4) is 0 Å². The van der Waals surface area contributed by atoms with Crippen molar-refractivity contribution in [3.63, 3.8) is 0 Å². The average molecular weight is 370 g/mol. The van der Waals surface area contributed by atoms with Gasteiger partial charge in [-0.05, 0) is 70.7 Å². The van der Waals surface area contributed by atoms with E-state index in [0.717, 1.165) is 18.4 Å². The van der Waals surface area contributed by atoms with E-state index in [1.54, 1.807) is 0 Å². The van der Waals surface area contributed by atoms with Gasteiger partial charge in [-0.2, -0.15) is 0 Å². The van der Waals surface area contributed by atoms with Crippen LogP contribution in [0.5, 0.6) is 0 Å². The van der Waals surface area contributed by atoms with Crippen molar-refractivity contribution in [3.05, 3.63) is 94.1 Å². The molecule has 0 saturated heterocycles. The zero-order valence-electron chi connectivity index (χ0n) is 17.7. The number of nitrogens with one attached hydrogen (secondary N) is 1. The van der Waals surface area contributed by atoms with Crippen molar-refractivity contribution in [2.75, 3.05) is 0 Å². The minimum atomic E-state index is -0.0695. The van der Waals surface area contributed by atoms with Crippen molar-refractivity contribution >= 4 is 5.71 Å². The summed E-state index contributed by atoms with van der Waals surface area (Å²) in [5.41, 5.74) is 9.64. The van der Waals surface area contributed by atoms with Crippen molar-refractivity contribution in [3.8, 4) is 0 Å². The SMILES string of the molecule is C=CC1=C(C(=N)c2ccc3c(c2)C(C)(C)c2ccccc2C3(C)C)CCCC1. The van der Waals surface area contributed by atoms with Gasteiger partial charge >= 0.3 is 0 Å². The number of hydrogen-bond donors (Lipinski definition) is 1. The van der Waals surface area contributed by atoms with Gasteiger partial charge in [0, 0.05) is 10.8 Å². The van der Waals surface area contributed by atoms with Gasteiger partial charge < -0.3 is 0 Å². The maximum Gasteiger partial charge on any atom is 0.0647 e. The van der Waals surface area contributed by atoms with Crippen molar-refractivity contribution in [2.45, 2.75) is 64.2 Å². The van der Waals surface area contributed by atoms with Gasteiger partial charge in [0.05, 0.1) is 5.71 Å². The molecular formula is C27H31N. The molecule has 0 amide bonds. The first-order valence-corrected chi connectivity index (χ1v) is 10.5. The smallest absolute Gasteiger partial charge is 0.0647 e. The van der Waals surface area contributed by atoms with Crippen LogP contribution < -0.4 is 0 Å². The largest absolute Gasteiger partial charge is 0.300 e. The molecular weight excluding hydrogens is 338 g/mol. The molecule has 2 aliphatic carbocycles. The molecule has 28 heavy (non-hydrogen) atoms. The molecule has 0 unspecified atom stereocenters. The van der Waals surface area contributed by atoms with E-state index in [-0.39, 0.29) is 10.8 Å². The van der Waals surface area contributed by atoms with Crippen LogP contribution in [0.4, 0.5) is 0 Å². The Hall–Kier alpha value is -2.41. The summed E-state index contributed by atoms with van der Waals surface area (Å²) in [5, 5.41) is 8.94. The predicted octanol–water partition coefficient (Wildman–Crippen LogP) is 7.08. The highest BCUT2D eigenvalue weighted by Crippen LogP contribution is 2.49. The third kappa shape index (κ3) is 2.71. The van der Waals surface area contributed by atoms with E-state index in [1.165, 1.54) is 46.2 Å². The van der Waals surface area contributed by atoms with Crippen LogP contribution in [0.1, 0.15) is 81.2 Å². The standard InChI is InChI=1S/C27H31N/c1-6-18-11-7-8-12-20(18)25(28)19-15-16-23-24(17-19)27(4,5)22-14-10-9-13-21(22)26(23,2)3/h6,9-10,13-17,28H,1,7-8,11-12H2,2-5H3. The number of hydrogen-bond acceptors (Lipinski definition) is 1. The summed E-state index contributed by atoms with van der Waals surface area (Å²) in [4.78, 5) is 0. The fourth-order valence-electron chi connectivity index (χ4n) is 5.24. The Bertz CT molecular complexity index is 1000. The monoisotopic (exact) mass is 369 g/mol. The second-order valence-electron chi connectivity index (χ2n) is 9.35. The summed E-state index contributed by atoms with van der Waals surface area (Å²) in [7, 11) is 0. The minimum absolute atomic E-state index is 0.0292. The maximum absolute atomic E-state index is 8.94. The van der Waals surface area contributed by atoms with Crippen molar-refractivity contribution < 1.29 is 0 Å². The Morgan fingerprint density at radius 1 is 0.857 bits per heavy atom. The Labute approximate surface area is 169 Å². The van der Waals surface area contributed by atoms with Gasteiger partial charge in [-0.1, -0.05) is 76.7 Å². The Kier molecular flexibility index (Phi) is 4.45. The molecule has 1 nitrogen and oxygen atoms in total. The molecule has 2 aromatic carbocycles. The fraction of sp³-hybridized carbons (Fsp3) is 0.370. The molecule has 0 radical (unpaired) electrons. The number of fused-ring (bicyclic) bond motifs is 2. The van der Waals surface area contributed by atoms with Gasteiger partial charge in [0.25, 0.3) is 0 Å². The molecule has 4 rings (SSSR count). The first-order valence-electron chi connectivity index (χ1n) is 10.5. The highest BCUT2D eigenvalue weighted by molar-refractivity contribution is 6.11. The zero-order chi connectivity index (χ0) is 20.1. The van der Waals surface area contributed by atoms with Crippen LogP contribution in [-0.4, -0.2) is 5.71 Å². The zero-order valence-corrected chi connectivity index (χ0v) is 17.7. The fourth-order valence-corrected chi connectivity index (χ4v) is 5.24. The molecule has 1 N–H and O–H groups in total. The van der Waals surface area contributed by atoms with Gasteiger partial charge in [-0.15, -0.1) is 0 Å². The molecule has 2 aromatic rings. The van der Waals surface area contributed by atoms with E-state index in [9.17, 15) is 0 Å². The molecule has 0 fully saturated rings. The predicted molar refractivity (Wildman–Crippen MR) is 120 cm³/mol. The summed E-state index contributed by atoms with van der Waals surface area (Å²) in [5.74, 6) is 0. The minimum Gasteiger partial charge on any atom is -0.300 e. The number of allylic oxidation sites excluding steroid dienone is 3. The lowest BCUT2D eigenvalue weighted by molar-refractivity contribution is 0.520. The van der Waals surface area contributed by atoms with E-state index in [1.807, 2.05) is 6.08 Å². The van der Waals surface area contributed by atoms with Crippen molar-refractivity contribution in [1.29, 1.82) is 5.41 Å². The van der Waals surface area contributed by atoms with Gasteiger partial charge in [0.2, 0.25) is 0 Å². The van der Waals surface area contributed by atoms with Crippen LogP contribution in [-0.2, 0) is 10.8 Å². The topological polar surface area (TPSA) is 23.9 Å². The highest BCUT2D eigenvalue weighted by atomic mass is 14.5. The van der Waals surface area contributed by atoms with Crippen LogP contribution in [0.25, 0.3) is 0 Å². The third-order valence-electron chi connectivity index (χ3n) is 6.99. The normalized spacial score (nSPS) is 19.6. The third-order valence-corrected chi connectivity index (χ3v) is 6.99. The molecule has 0 spiro atoms. The Balaban J connectivity index is 1.87. The summed E-state index contributed by atoms with van der Waals surface area (Å²) in [6, 6.07) is 15.6. The number of benzene rings is 2. The van der Waals surface area contributed by atoms with Crippen LogP contribution in [0.15, 0.2) is 66.3 Å². The number of rotatable bonds is 3. The molecule has 2 aliphatic rings. The summed E-state index contributed by atoms with van der Waals surface area (Å²) >= 11 is 0. The maximum atomic E-state index is 8.94. The summed E-state index contributed by atoms with van der Waals surface area (Å²) in [6.07, 6.45) is 6.39. The molecule has 0 aromatic heterocycles. The first kappa shape index (κ1) is 18.9. The molecule has 0 bridgehead atoms. The molecule has 0 aliphatic heterocycles. The quantitative estimate of drug-likeness (QED) is 0.559. The molecule has 0 atom stereocenters. The van der Waals surface area contributed by atoms with E-state index in [2.05, 4.69) is 76.7 Å². The van der Waals surface area contributed by atoms with E-state index in [0.29, 0.717) is 5.71 Å². The second kappa shape index (κ2) is 6.58. The second-order valence-corrected chi connectivity index (χ2v) is 9.35. The lowest BCUT2D eigenvalue weighted by atomic mass is 9.60. The molecule has 144 valence electrons. The first-order chi connectivity index (χ1) is 13.3. The van der Waals surface area contributed by atoms with Crippen LogP contribution >= 0.6 is 0 Å². The summed E-state index contributed by atoms with van der Waals surface area (Å²) in [6.45, 7) is 13.3. The lowest BCUT2D eigenvalue weighted by Gasteiger charge is -2.44. The van der Waals surface area contributed by atoms with Crippen molar-refractivity contribution in [1.82, 2.24) is 0 Å². The van der Waals surface area contributed by atoms with Gasteiger partial charge in [0.1, 0.15) is 0 Å². The van der Waals surface area contributed by atoms with E-state index < -0.39 is 0 Å². The van der Waals surface area contributed by atoms with Gasteiger partial charge in [-0.25, -0.2) is 0 Å². The molecule has 0 saturated carbocycles. The lowest BCUT2D eigenvalue weighted by Crippen LogP contribution is -2.36. The Morgan fingerprint density at radius 2 is 1.43 bits per heavy atom. The van der Waals surface area contributed by atoms with Gasteiger partial charge in [-0.3, -0.25) is 5.41 Å². The summed E-state index contributed by atoms with van der Waals surface area (Å²) < 4.78 is 0. The van der Waals surface area contributed by atoms with Crippen LogP contribution in [0, 0.1) is 5.41 Å². The highest BCUT2D eigenvalue weighted by Gasteiger charge is 2.41.